The minimum Gasteiger partial charge on any atom is -0.299 e. The molecule has 1 fully saturated rings. The largest absolute Gasteiger partial charge is 0.299 e. The molecular weight excluding hydrogens is 356 g/mol. The lowest BCUT2D eigenvalue weighted by Gasteiger charge is -2.33. The average Bonchev–Trinajstić information content (AvgIpc) is 2.79. The fraction of sp³-hybridized carbons (Fsp3) is 0.259. The van der Waals surface area contributed by atoms with Gasteiger partial charge in [-0.1, -0.05) is 97.4 Å². The molecule has 1 saturated carbocycles. The number of carbonyl (C=O) groups is 2. The maximum absolute atomic E-state index is 13.5. The van der Waals surface area contributed by atoms with Gasteiger partial charge in [-0.05, 0) is 24.0 Å². The molecule has 1 aliphatic carbocycles. The molecule has 4 rings (SSSR count). The van der Waals surface area contributed by atoms with Crippen LogP contribution in [0.5, 0.6) is 0 Å². The van der Waals surface area contributed by atoms with Gasteiger partial charge in [0.15, 0.2) is 5.78 Å². The van der Waals surface area contributed by atoms with Crippen molar-refractivity contribution in [3.05, 3.63) is 108 Å². The summed E-state index contributed by atoms with van der Waals surface area (Å²) in [6.45, 7) is 0. The summed E-state index contributed by atoms with van der Waals surface area (Å²) < 4.78 is 0. The second-order valence-corrected chi connectivity index (χ2v) is 7.91. The van der Waals surface area contributed by atoms with Crippen molar-refractivity contribution in [1.82, 2.24) is 0 Å². The minimum atomic E-state index is -0.121. The Labute approximate surface area is 172 Å². The molecule has 0 spiro atoms. The number of hydrogen-bond acceptors (Lipinski definition) is 2. The van der Waals surface area contributed by atoms with Gasteiger partial charge in [0.1, 0.15) is 5.78 Å². The average molecular weight is 383 g/mol. The van der Waals surface area contributed by atoms with Crippen LogP contribution in [0, 0.1) is 5.92 Å². The summed E-state index contributed by atoms with van der Waals surface area (Å²) in [5, 5.41) is 0. The highest BCUT2D eigenvalue weighted by molar-refractivity contribution is 5.97. The zero-order valence-corrected chi connectivity index (χ0v) is 16.5. The van der Waals surface area contributed by atoms with Gasteiger partial charge in [-0.25, -0.2) is 0 Å². The Morgan fingerprint density at radius 1 is 0.793 bits per heavy atom. The second kappa shape index (κ2) is 9.00. The van der Waals surface area contributed by atoms with Crippen molar-refractivity contribution in [2.45, 2.75) is 37.5 Å². The third kappa shape index (κ3) is 4.37. The van der Waals surface area contributed by atoms with Crippen molar-refractivity contribution in [2.75, 3.05) is 0 Å². The standard InChI is InChI=1S/C27H26O2/c28-26(22-15-8-3-9-16-22)19-25(21-13-6-2-7-14-21)24-18-10-17-23(27(24)29)20-11-4-1-5-12-20/h1-9,11-16,23-25H,10,17-19H2/t23-,24+,25-/m0/s1. The highest BCUT2D eigenvalue weighted by atomic mass is 16.1. The van der Waals surface area contributed by atoms with Crippen LogP contribution in [0.3, 0.4) is 0 Å². The first kappa shape index (κ1) is 19.3. The number of Topliss-reactive ketones (excluding diaryl/α,β-unsaturated/α-hetero) is 2. The van der Waals surface area contributed by atoms with E-state index in [-0.39, 0.29) is 29.3 Å². The molecule has 2 heteroatoms. The summed E-state index contributed by atoms with van der Waals surface area (Å²) in [7, 11) is 0. The summed E-state index contributed by atoms with van der Waals surface area (Å²) in [5.74, 6) is 0.131. The van der Waals surface area contributed by atoms with Crippen LogP contribution in [0.2, 0.25) is 0 Å². The topological polar surface area (TPSA) is 34.1 Å². The van der Waals surface area contributed by atoms with Crippen LogP contribution < -0.4 is 0 Å². The van der Waals surface area contributed by atoms with Crippen molar-refractivity contribution < 1.29 is 9.59 Å². The van der Waals surface area contributed by atoms with Crippen LogP contribution in [-0.2, 0) is 4.79 Å². The molecule has 3 aromatic carbocycles. The lowest BCUT2D eigenvalue weighted by molar-refractivity contribution is -0.127. The Bertz CT molecular complexity index is 948. The zero-order chi connectivity index (χ0) is 20.1. The van der Waals surface area contributed by atoms with E-state index in [1.807, 2.05) is 66.7 Å². The lowest BCUT2D eigenvalue weighted by atomic mass is 9.68. The van der Waals surface area contributed by atoms with Crippen LogP contribution in [0.15, 0.2) is 91.0 Å². The highest BCUT2D eigenvalue weighted by Gasteiger charge is 2.38. The molecule has 0 unspecified atom stereocenters. The highest BCUT2D eigenvalue weighted by Crippen LogP contribution is 2.42. The molecule has 3 atom stereocenters. The lowest BCUT2D eigenvalue weighted by Crippen LogP contribution is -2.32. The number of hydrogen-bond donors (Lipinski definition) is 0. The van der Waals surface area contributed by atoms with E-state index in [0.29, 0.717) is 6.42 Å². The Kier molecular flexibility index (Phi) is 6.00. The third-order valence-electron chi connectivity index (χ3n) is 6.13. The predicted molar refractivity (Wildman–Crippen MR) is 116 cm³/mol. The van der Waals surface area contributed by atoms with Gasteiger partial charge in [0.05, 0.1) is 0 Å². The normalized spacial score (nSPS) is 20.2. The SMILES string of the molecule is O=C(C[C@@H](c1ccccc1)[C@H]1CCC[C@@H](c2ccccc2)C1=O)c1ccccc1. The molecule has 0 aliphatic heterocycles. The zero-order valence-electron chi connectivity index (χ0n) is 16.5. The van der Waals surface area contributed by atoms with E-state index in [1.165, 1.54) is 0 Å². The third-order valence-corrected chi connectivity index (χ3v) is 6.13. The van der Waals surface area contributed by atoms with Gasteiger partial charge >= 0.3 is 0 Å². The van der Waals surface area contributed by atoms with Gasteiger partial charge in [0.2, 0.25) is 0 Å². The molecule has 0 bridgehead atoms. The molecule has 29 heavy (non-hydrogen) atoms. The van der Waals surface area contributed by atoms with Gasteiger partial charge in [-0.15, -0.1) is 0 Å². The molecular formula is C27H26O2. The van der Waals surface area contributed by atoms with Crippen molar-refractivity contribution >= 4 is 11.6 Å². The van der Waals surface area contributed by atoms with Gasteiger partial charge in [0, 0.05) is 29.7 Å². The fourth-order valence-corrected chi connectivity index (χ4v) is 4.63. The molecule has 0 heterocycles. The summed E-state index contributed by atoms with van der Waals surface area (Å²) in [6.07, 6.45) is 3.13. The summed E-state index contributed by atoms with van der Waals surface area (Å²) in [5.41, 5.74) is 2.91. The maximum atomic E-state index is 13.5. The number of ketones is 2. The van der Waals surface area contributed by atoms with Crippen LogP contribution in [0.1, 0.15) is 59.0 Å². The molecule has 1 aliphatic rings. The van der Waals surface area contributed by atoms with Crippen LogP contribution in [0.4, 0.5) is 0 Å². The van der Waals surface area contributed by atoms with Gasteiger partial charge < -0.3 is 0 Å². The Balaban J connectivity index is 1.64. The molecule has 146 valence electrons. The Morgan fingerprint density at radius 2 is 1.38 bits per heavy atom. The van der Waals surface area contributed by atoms with E-state index in [1.54, 1.807) is 0 Å². The maximum Gasteiger partial charge on any atom is 0.163 e. The number of benzene rings is 3. The molecule has 3 aromatic rings. The van der Waals surface area contributed by atoms with Gasteiger partial charge in [0.25, 0.3) is 0 Å². The Morgan fingerprint density at radius 3 is 2.03 bits per heavy atom. The molecule has 0 aromatic heterocycles. The summed E-state index contributed by atoms with van der Waals surface area (Å²) in [6, 6.07) is 29.6. The molecule has 0 radical (unpaired) electrons. The van der Waals surface area contributed by atoms with Gasteiger partial charge in [-0.2, -0.15) is 0 Å². The number of rotatable bonds is 6. The fourth-order valence-electron chi connectivity index (χ4n) is 4.63. The quantitative estimate of drug-likeness (QED) is 0.476. The first-order valence-electron chi connectivity index (χ1n) is 10.5. The summed E-state index contributed by atoms with van der Waals surface area (Å²) >= 11 is 0. The van der Waals surface area contributed by atoms with Crippen molar-refractivity contribution in [2.24, 2.45) is 5.92 Å². The Hall–Kier alpha value is -3.00. The van der Waals surface area contributed by atoms with E-state index in [4.69, 9.17) is 0 Å². The van der Waals surface area contributed by atoms with E-state index in [9.17, 15) is 9.59 Å². The second-order valence-electron chi connectivity index (χ2n) is 7.91. The molecule has 0 saturated heterocycles. The smallest absolute Gasteiger partial charge is 0.163 e. The summed E-state index contributed by atoms with van der Waals surface area (Å²) in [4.78, 5) is 26.6. The molecule has 0 N–H and O–H groups in total. The van der Waals surface area contributed by atoms with Crippen molar-refractivity contribution in [1.29, 1.82) is 0 Å². The van der Waals surface area contributed by atoms with Crippen LogP contribution in [0.25, 0.3) is 0 Å². The van der Waals surface area contributed by atoms with E-state index in [2.05, 4.69) is 24.3 Å². The van der Waals surface area contributed by atoms with E-state index >= 15 is 0 Å². The van der Waals surface area contributed by atoms with E-state index in [0.717, 1.165) is 36.0 Å². The number of carbonyl (C=O) groups excluding carboxylic acids is 2. The predicted octanol–water partition coefficient (Wildman–Crippen LogP) is 6.20. The first-order valence-corrected chi connectivity index (χ1v) is 10.5. The molecule has 0 amide bonds. The van der Waals surface area contributed by atoms with Crippen molar-refractivity contribution in [3.63, 3.8) is 0 Å². The van der Waals surface area contributed by atoms with Crippen LogP contribution >= 0.6 is 0 Å². The van der Waals surface area contributed by atoms with Crippen molar-refractivity contribution in [3.8, 4) is 0 Å². The van der Waals surface area contributed by atoms with Gasteiger partial charge in [-0.3, -0.25) is 9.59 Å². The first-order chi connectivity index (χ1) is 14.2. The van der Waals surface area contributed by atoms with Crippen LogP contribution in [-0.4, -0.2) is 11.6 Å². The van der Waals surface area contributed by atoms with E-state index < -0.39 is 0 Å². The minimum absolute atomic E-state index is 0.0620. The monoisotopic (exact) mass is 382 g/mol. The molecule has 2 nitrogen and oxygen atoms in total.